The van der Waals surface area contributed by atoms with Gasteiger partial charge in [0.1, 0.15) is 0 Å². The van der Waals surface area contributed by atoms with Crippen molar-refractivity contribution in [2.24, 2.45) is 5.16 Å². The Labute approximate surface area is 180 Å². The zero-order chi connectivity index (χ0) is 21.1. The van der Waals surface area contributed by atoms with Gasteiger partial charge in [0.05, 0.1) is 18.9 Å². The lowest BCUT2D eigenvalue weighted by Crippen LogP contribution is -2.28. The van der Waals surface area contributed by atoms with Crippen LogP contribution in [0.1, 0.15) is 28.7 Å². The van der Waals surface area contributed by atoms with E-state index in [1.807, 2.05) is 66.7 Å². The van der Waals surface area contributed by atoms with Gasteiger partial charge in [-0.05, 0) is 17.7 Å². The van der Waals surface area contributed by atoms with Gasteiger partial charge in [-0.1, -0.05) is 59.8 Å². The van der Waals surface area contributed by atoms with E-state index >= 15 is 0 Å². The van der Waals surface area contributed by atoms with Gasteiger partial charge in [0.15, 0.2) is 11.9 Å². The number of hydrogen-bond donors (Lipinski definition) is 0. The number of nitrogens with zero attached hydrogens (tertiary/aromatic N) is 2. The van der Waals surface area contributed by atoms with Gasteiger partial charge in [0, 0.05) is 41.9 Å². The Hall–Kier alpha value is -3.35. The molecule has 5 rings (SSSR count). The predicted molar refractivity (Wildman–Crippen MR) is 115 cm³/mol. The molecular weight excluding hydrogens is 392 g/mol. The number of carbonyl (C=O) groups excluding carboxylic acids is 1. The Kier molecular flexibility index (Phi) is 5.32. The molecule has 0 saturated carbocycles. The quantitative estimate of drug-likeness (QED) is 0.616. The molecule has 6 nitrogen and oxygen atoms in total. The van der Waals surface area contributed by atoms with E-state index in [-0.39, 0.29) is 12.2 Å². The van der Waals surface area contributed by atoms with Crippen molar-refractivity contribution in [2.75, 3.05) is 13.2 Å². The van der Waals surface area contributed by atoms with Crippen LogP contribution < -0.4 is 0 Å². The van der Waals surface area contributed by atoms with E-state index in [1.165, 1.54) is 0 Å². The highest BCUT2D eigenvalue weighted by Gasteiger charge is 2.40. The Morgan fingerprint density at radius 3 is 2.39 bits per heavy atom. The second kappa shape index (κ2) is 8.41. The van der Waals surface area contributed by atoms with Crippen molar-refractivity contribution in [3.63, 3.8) is 0 Å². The molecule has 2 aromatic carbocycles. The Morgan fingerprint density at radius 1 is 0.935 bits per heavy atom. The van der Waals surface area contributed by atoms with Crippen LogP contribution in [0.4, 0.5) is 0 Å². The molecule has 1 fully saturated rings. The number of oxime groups is 1. The first-order valence-corrected chi connectivity index (χ1v) is 10.3. The smallest absolute Gasteiger partial charge is 0.222 e. The van der Waals surface area contributed by atoms with Crippen molar-refractivity contribution in [1.82, 2.24) is 4.98 Å². The first-order chi connectivity index (χ1) is 15.2. The van der Waals surface area contributed by atoms with Gasteiger partial charge >= 0.3 is 0 Å². The van der Waals surface area contributed by atoms with Crippen molar-refractivity contribution in [2.45, 2.75) is 24.7 Å². The average Bonchev–Trinajstić information content (AvgIpc) is 3.52. The molecule has 2 aliphatic heterocycles. The molecule has 1 aromatic heterocycles. The summed E-state index contributed by atoms with van der Waals surface area (Å²) in [5.41, 5.74) is 4.41. The fourth-order valence-corrected chi connectivity index (χ4v) is 3.98. The van der Waals surface area contributed by atoms with Gasteiger partial charge in [-0.3, -0.25) is 9.78 Å². The summed E-state index contributed by atoms with van der Waals surface area (Å²) >= 11 is 0. The van der Waals surface area contributed by atoms with Gasteiger partial charge < -0.3 is 14.3 Å². The van der Waals surface area contributed by atoms with Gasteiger partial charge in [-0.15, -0.1) is 0 Å². The van der Waals surface area contributed by atoms with Crippen LogP contribution in [-0.2, 0) is 31.3 Å². The highest BCUT2D eigenvalue weighted by Crippen LogP contribution is 2.38. The molecule has 6 heteroatoms. The summed E-state index contributed by atoms with van der Waals surface area (Å²) in [5, 5.41) is 4.08. The van der Waals surface area contributed by atoms with Gasteiger partial charge in [-0.2, -0.15) is 0 Å². The molecule has 0 bridgehead atoms. The molecule has 0 spiro atoms. The third-order valence-electron chi connectivity index (χ3n) is 5.58. The summed E-state index contributed by atoms with van der Waals surface area (Å²) in [6.45, 7) is 1.07. The molecule has 2 aliphatic rings. The zero-order valence-corrected chi connectivity index (χ0v) is 16.9. The van der Waals surface area contributed by atoms with E-state index < -0.39 is 11.9 Å². The Bertz CT molecular complexity index is 1080. The summed E-state index contributed by atoms with van der Waals surface area (Å²) in [7, 11) is 0. The van der Waals surface area contributed by atoms with Crippen LogP contribution in [0, 0.1) is 0 Å². The molecule has 0 radical (unpaired) electrons. The fraction of sp³-hybridized carbons (Fsp3) is 0.240. The number of carbonyl (C=O) groups is 1. The summed E-state index contributed by atoms with van der Waals surface area (Å²) in [4.78, 5) is 22.3. The van der Waals surface area contributed by atoms with Crippen LogP contribution in [0.15, 0.2) is 84.3 Å². The molecule has 1 atom stereocenters. The molecule has 1 unspecified atom stereocenters. The van der Waals surface area contributed by atoms with Crippen LogP contribution in [0.5, 0.6) is 0 Å². The molecule has 3 aromatic rings. The first kappa shape index (κ1) is 19.6. The van der Waals surface area contributed by atoms with E-state index in [9.17, 15) is 4.79 Å². The molecule has 31 heavy (non-hydrogen) atoms. The molecular formula is C25H22N2O4. The monoisotopic (exact) mass is 414 g/mol. The molecule has 1 saturated heterocycles. The molecule has 0 amide bonds. The van der Waals surface area contributed by atoms with E-state index in [0.717, 1.165) is 28.0 Å². The second-order valence-corrected chi connectivity index (χ2v) is 7.60. The highest BCUT2D eigenvalue weighted by atomic mass is 16.7. The SMILES string of the molecule is O=C(Cc1ccc(C2(c3ccccc3)OCCO2)cc1)C1CC(c2cccnc2)=NO1. The van der Waals surface area contributed by atoms with Crippen molar-refractivity contribution in [1.29, 1.82) is 0 Å². The number of benzene rings is 2. The van der Waals surface area contributed by atoms with E-state index in [4.69, 9.17) is 14.3 Å². The van der Waals surface area contributed by atoms with Crippen LogP contribution in [0.25, 0.3) is 0 Å². The molecule has 156 valence electrons. The minimum absolute atomic E-state index is 0.00142. The van der Waals surface area contributed by atoms with E-state index in [0.29, 0.717) is 19.6 Å². The van der Waals surface area contributed by atoms with Gasteiger partial charge in [0.2, 0.25) is 5.79 Å². The molecule has 0 N–H and O–H groups in total. The van der Waals surface area contributed by atoms with E-state index in [2.05, 4.69) is 10.1 Å². The van der Waals surface area contributed by atoms with Crippen LogP contribution in [0.3, 0.4) is 0 Å². The lowest BCUT2D eigenvalue weighted by Gasteiger charge is -2.28. The number of aromatic nitrogens is 1. The van der Waals surface area contributed by atoms with Crippen molar-refractivity contribution in [3.8, 4) is 0 Å². The van der Waals surface area contributed by atoms with Gasteiger partial charge in [-0.25, -0.2) is 0 Å². The van der Waals surface area contributed by atoms with Crippen LogP contribution in [-0.4, -0.2) is 35.8 Å². The number of Topliss-reactive ketones (excluding diaryl/α,β-unsaturated/α-hetero) is 1. The number of ether oxygens (including phenoxy) is 2. The number of hydrogen-bond acceptors (Lipinski definition) is 6. The largest absolute Gasteiger partial charge is 0.384 e. The summed E-state index contributed by atoms with van der Waals surface area (Å²) < 4.78 is 12.1. The van der Waals surface area contributed by atoms with Crippen molar-refractivity contribution in [3.05, 3.63) is 101 Å². The Balaban J connectivity index is 1.27. The third-order valence-corrected chi connectivity index (χ3v) is 5.58. The first-order valence-electron chi connectivity index (χ1n) is 10.3. The maximum Gasteiger partial charge on any atom is 0.222 e. The molecule has 0 aliphatic carbocycles. The maximum atomic E-state index is 12.8. The fourth-order valence-electron chi connectivity index (χ4n) is 3.98. The lowest BCUT2D eigenvalue weighted by molar-refractivity contribution is -0.129. The van der Waals surface area contributed by atoms with E-state index in [1.54, 1.807) is 12.4 Å². The minimum atomic E-state index is -0.898. The van der Waals surface area contributed by atoms with Crippen molar-refractivity contribution >= 4 is 11.5 Å². The lowest BCUT2D eigenvalue weighted by atomic mass is 9.94. The van der Waals surface area contributed by atoms with Crippen molar-refractivity contribution < 1.29 is 19.1 Å². The molecule has 3 heterocycles. The normalized spacial score (nSPS) is 19.6. The minimum Gasteiger partial charge on any atom is -0.384 e. The highest BCUT2D eigenvalue weighted by molar-refractivity contribution is 6.04. The summed E-state index contributed by atoms with van der Waals surface area (Å²) in [6.07, 6.45) is 3.61. The average molecular weight is 414 g/mol. The topological polar surface area (TPSA) is 70.0 Å². The van der Waals surface area contributed by atoms with Gasteiger partial charge in [0.25, 0.3) is 0 Å². The third kappa shape index (κ3) is 3.87. The number of rotatable bonds is 6. The Morgan fingerprint density at radius 2 is 1.68 bits per heavy atom. The van der Waals surface area contributed by atoms with Crippen LogP contribution >= 0.6 is 0 Å². The second-order valence-electron chi connectivity index (χ2n) is 7.60. The summed E-state index contributed by atoms with van der Waals surface area (Å²) in [6, 6.07) is 21.5. The number of ketones is 1. The summed E-state index contributed by atoms with van der Waals surface area (Å²) in [5.74, 6) is -0.897. The maximum absolute atomic E-state index is 12.8. The predicted octanol–water partition coefficient (Wildman–Crippen LogP) is 3.63. The zero-order valence-electron chi connectivity index (χ0n) is 16.9. The number of pyridine rings is 1. The standard InChI is InChI=1S/C25H22N2O4/c28-23(24-16-22(27-31-24)19-5-4-12-26-17-19)15-18-8-10-21(11-9-18)25(29-13-14-30-25)20-6-2-1-3-7-20/h1-12,17,24H,13-16H2. The van der Waals surface area contributed by atoms with Crippen LogP contribution in [0.2, 0.25) is 0 Å².